The minimum absolute atomic E-state index is 0.188. The van der Waals surface area contributed by atoms with Crippen LogP contribution in [-0.4, -0.2) is 23.5 Å². The Morgan fingerprint density at radius 1 is 1.30 bits per heavy atom. The Morgan fingerprint density at radius 3 is 2.65 bits per heavy atom. The van der Waals surface area contributed by atoms with Gasteiger partial charge in [0.05, 0.1) is 11.6 Å². The first kappa shape index (κ1) is 17.4. The van der Waals surface area contributed by atoms with Crippen molar-refractivity contribution in [3.05, 3.63) is 63.3 Å². The van der Waals surface area contributed by atoms with Gasteiger partial charge < -0.3 is 10.1 Å². The molecular formula is C16H14BrClN2O3. The lowest BCUT2D eigenvalue weighted by Crippen LogP contribution is -2.31. The molecule has 23 heavy (non-hydrogen) atoms. The molecule has 1 aromatic heterocycles. The average Bonchev–Trinajstić information content (AvgIpc) is 2.53. The van der Waals surface area contributed by atoms with Gasteiger partial charge in [0.15, 0.2) is 6.61 Å². The molecule has 7 heteroatoms. The van der Waals surface area contributed by atoms with Crippen LogP contribution in [0, 0.1) is 0 Å². The van der Waals surface area contributed by atoms with Gasteiger partial charge in [-0.25, -0.2) is 9.78 Å². The number of benzene rings is 1. The van der Waals surface area contributed by atoms with E-state index in [0.717, 1.165) is 10.0 Å². The summed E-state index contributed by atoms with van der Waals surface area (Å²) in [4.78, 5) is 27.4. The van der Waals surface area contributed by atoms with Crippen molar-refractivity contribution in [2.75, 3.05) is 6.61 Å². The number of amides is 1. The molecule has 1 aromatic carbocycles. The van der Waals surface area contributed by atoms with Crippen LogP contribution in [0.4, 0.5) is 0 Å². The number of pyridine rings is 1. The van der Waals surface area contributed by atoms with Gasteiger partial charge in [0.1, 0.15) is 5.15 Å². The topological polar surface area (TPSA) is 68.3 Å². The number of rotatable bonds is 5. The van der Waals surface area contributed by atoms with Crippen molar-refractivity contribution in [2.45, 2.75) is 13.0 Å². The van der Waals surface area contributed by atoms with Crippen molar-refractivity contribution in [1.29, 1.82) is 0 Å². The molecule has 0 saturated heterocycles. The molecule has 0 spiro atoms. The maximum Gasteiger partial charge on any atom is 0.338 e. The maximum atomic E-state index is 11.9. The first-order chi connectivity index (χ1) is 11.0. The Balaban J connectivity index is 1.85. The quantitative estimate of drug-likeness (QED) is 0.619. The molecule has 5 nitrogen and oxygen atoms in total. The lowest BCUT2D eigenvalue weighted by Gasteiger charge is -2.14. The summed E-state index contributed by atoms with van der Waals surface area (Å²) in [5, 5.41) is 2.95. The Bertz CT molecular complexity index is 707. The van der Waals surface area contributed by atoms with Crippen molar-refractivity contribution in [1.82, 2.24) is 10.3 Å². The molecule has 0 aliphatic heterocycles. The molecule has 0 fully saturated rings. The molecule has 0 radical (unpaired) electrons. The highest BCUT2D eigenvalue weighted by molar-refractivity contribution is 9.10. The third-order valence-electron chi connectivity index (χ3n) is 3.04. The van der Waals surface area contributed by atoms with E-state index in [-0.39, 0.29) is 29.3 Å². The molecule has 2 rings (SSSR count). The van der Waals surface area contributed by atoms with Gasteiger partial charge in [-0.2, -0.15) is 0 Å². The van der Waals surface area contributed by atoms with E-state index >= 15 is 0 Å². The Labute approximate surface area is 147 Å². The van der Waals surface area contributed by atoms with E-state index in [1.165, 1.54) is 18.3 Å². The molecule has 1 N–H and O–H groups in total. The van der Waals surface area contributed by atoms with Crippen molar-refractivity contribution in [2.24, 2.45) is 0 Å². The second kappa shape index (κ2) is 8.08. The molecule has 1 unspecified atom stereocenters. The largest absolute Gasteiger partial charge is 0.452 e. The average molecular weight is 398 g/mol. The molecule has 1 atom stereocenters. The highest BCUT2D eigenvalue weighted by Crippen LogP contribution is 2.16. The molecular weight excluding hydrogens is 384 g/mol. The highest BCUT2D eigenvalue weighted by Gasteiger charge is 2.13. The van der Waals surface area contributed by atoms with Crippen LogP contribution in [0.2, 0.25) is 5.15 Å². The zero-order valence-corrected chi connectivity index (χ0v) is 14.6. The molecule has 0 aliphatic carbocycles. The lowest BCUT2D eigenvalue weighted by atomic mass is 10.1. The van der Waals surface area contributed by atoms with Crippen LogP contribution in [0.15, 0.2) is 47.1 Å². The Morgan fingerprint density at radius 2 is 2.00 bits per heavy atom. The number of aromatic nitrogens is 1. The van der Waals surface area contributed by atoms with Crippen molar-refractivity contribution in [3.63, 3.8) is 0 Å². The van der Waals surface area contributed by atoms with E-state index in [9.17, 15) is 9.59 Å². The number of carbonyl (C=O) groups excluding carboxylic acids is 2. The Hall–Kier alpha value is -1.92. The minimum Gasteiger partial charge on any atom is -0.452 e. The lowest BCUT2D eigenvalue weighted by molar-refractivity contribution is -0.124. The van der Waals surface area contributed by atoms with E-state index in [1.807, 2.05) is 31.2 Å². The molecule has 0 saturated carbocycles. The summed E-state index contributed by atoms with van der Waals surface area (Å²) in [6, 6.07) is 10.3. The number of carbonyl (C=O) groups is 2. The SMILES string of the molecule is CC(NC(=O)COC(=O)c1ccnc(Cl)c1)c1ccc(Br)cc1. The normalized spacial score (nSPS) is 11.6. The van der Waals surface area contributed by atoms with Crippen LogP contribution < -0.4 is 5.32 Å². The minimum atomic E-state index is -0.624. The maximum absolute atomic E-state index is 11.9. The number of nitrogens with zero attached hydrogens (tertiary/aromatic N) is 1. The number of esters is 1. The summed E-state index contributed by atoms with van der Waals surface area (Å²) >= 11 is 9.05. The molecule has 0 aliphatic rings. The number of hydrogen-bond acceptors (Lipinski definition) is 4. The third-order valence-corrected chi connectivity index (χ3v) is 3.78. The van der Waals surface area contributed by atoms with E-state index < -0.39 is 5.97 Å². The number of nitrogens with one attached hydrogen (secondary N) is 1. The Kier molecular flexibility index (Phi) is 6.12. The fourth-order valence-electron chi connectivity index (χ4n) is 1.86. The smallest absolute Gasteiger partial charge is 0.338 e. The van der Waals surface area contributed by atoms with Crippen LogP contribution in [0.3, 0.4) is 0 Å². The van der Waals surface area contributed by atoms with Crippen molar-refractivity contribution >= 4 is 39.4 Å². The summed E-state index contributed by atoms with van der Waals surface area (Å²) in [5.74, 6) is -1.00. The molecule has 1 amide bonds. The molecule has 120 valence electrons. The number of ether oxygens (including phenoxy) is 1. The van der Waals surface area contributed by atoms with Gasteiger partial charge in [-0.1, -0.05) is 39.7 Å². The predicted octanol–water partition coefficient (Wildman–Crippen LogP) is 3.53. The monoisotopic (exact) mass is 396 g/mol. The summed E-state index contributed by atoms with van der Waals surface area (Å²) in [6.07, 6.45) is 1.40. The third kappa shape index (κ3) is 5.33. The fourth-order valence-corrected chi connectivity index (χ4v) is 2.30. The number of hydrogen-bond donors (Lipinski definition) is 1. The number of halogens is 2. The van der Waals surface area contributed by atoms with E-state index in [4.69, 9.17) is 16.3 Å². The van der Waals surface area contributed by atoms with Gasteiger partial charge in [0.25, 0.3) is 5.91 Å². The standard InChI is InChI=1S/C16H14BrClN2O3/c1-10(11-2-4-13(17)5-3-11)20-15(21)9-23-16(22)12-6-7-19-14(18)8-12/h2-8,10H,9H2,1H3,(H,20,21). The first-order valence-corrected chi connectivity index (χ1v) is 7.96. The van der Waals surface area contributed by atoms with Crippen molar-refractivity contribution < 1.29 is 14.3 Å². The van der Waals surface area contributed by atoms with Gasteiger partial charge in [0.2, 0.25) is 0 Å². The summed E-state index contributed by atoms with van der Waals surface area (Å²) in [6.45, 7) is 1.49. The highest BCUT2D eigenvalue weighted by atomic mass is 79.9. The van der Waals surface area contributed by atoms with E-state index in [1.54, 1.807) is 0 Å². The molecule has 1 heterocycles. The van der Waals surface area contributed by atoms with E-state index in [2.05, 4.69) is 26.2 Å². The van der Waals surface area contributed by atoms with Crippen LogP contribution in [-0.2, 0) is 9.53 Å². The van der Waals surface area contributed by atoms with Gasteiger partial charge in [-0.3, -0.25) is 4.79 Å². The predicted molar refractivity (Wildman–Crippen MR) is 90.2 cm³/mol. The second-order valence-corrected chi connectivity index (χ2v) is 6.09. The summed E-state index contributed by atoms with van der Waals surface area (Å²) in [5.41, 5.74) is 1.20. The van der Waals surface area contributed by atoms with Crippen molar-refractivity contribution in [3.8, 4) is 0 Å². The molecule has 2 aromatic rings. The van der Waals surface area contributed by atoms with Gasteiger partial charge in [-0.05, 0) is 36.8 Å². The van der Waals surface area contributed by atoms with Gasteiger partial charge >= 0.3 is 5.97 Å². The van der Waals surface area contributed by atoms with E-state index in [0.29, 0.717) is 0 Å². The fraction of sp³-hybridized carbons (Fsp3) is 0.188. The molecule has 0 bridgehead atoms. The van der Waals surface area contributed by atoms with Crippen LogP contribution >= 0.6 is 27.5 Å². The zero-order valence-electron chi connectivity index (χ0n) is 12.3. The first-order valence-electron chi connectivity index (χ1n) is 6.79. The zero-order chi connectivity index (χ0) is 16.8. The van der Waals surface area contributed by atoms with Crippen LogP contribution in [0.25, 0.3) is 0 Å². The second-order valence-electron chi connectivity index (χ2n) is 4.78. The summed E-state index contributed by atoms with van der Waals surface area (Å²) in [7, 11) is 0. The van der Waals surface area contributed by atoms with Crippen LogP contribution in [0.5, 0.6) is 0 Å². The van der Waals surface area contributed by atoms with Gasteiger partial charge in [0, 0.05) is 10.7 Å². The van der Waals surface area contributed by atoms with Gasteiger partial charge in [-0.15, -0.1) is 0 Å². The summed E-state index contributed by atoms with van der Waals surface area (Å²) < 4.78 is 5.92. The van der Waals surface area contributed by atoms with Crippen LogP contribution in [0.1, 0.15) is 28.9 Å².